The fraction of sp³-hybridized carbons (Fsp3) is 0.167. The van der Waals surface area contributed by atoms with Gasteiger partial charge in [-0.05, 0) is 0 Å². The van der Waals surface area contributed by atoms with Crippen molar-refractivity contribution in [2.45, 2.75) is 6.18 Å². The molecule has 0 amide bonds. The normalized spacial score (nSPS) is 10.9. The second-order valence-corrected chi connectivity index (χ2v) is 2.42. The molecule has 0 spiro atoms. The van der Waals surface area contributed by atoms with E-state index in [4.69, 9.17) is 11.6 Å². The average Bonchev–Trinajstić information content (AvgIpc) is 2.07. The van der Waals surface area contributed by atoms with Crippen molar-refractivity contribution in [2.24, 2.45) is 4.99 Å². The van der Waals surface area contributed by atoms with E-state index in [0.717, 1.165) is 6.08 Å². The van der Waals surface area contributed by atoms with Crippen molar-refractivity contribution in [3.8, 4) is 0 Å². The number of aromatic nitrogens is 2. The zero-order valence-corrected chi connectivity index (χ0v) is 7.10. The lowest BCUT2D eigenvalue weighted by molar-refractivity contribution is -0.140. The summed E-state index contributed by atoms with van der Waals surface area (Å²) in [7, 11) is 0. The highest BCUT2D eigenvalue weighted by Crippen LogP contribution is 2.37. The summed E-state index contributed by atoms with van der Waals surface area (Å²) in [5.41, 5.74) is -2.18. The van der Waals surface area contributed by atoms with Crippen LogP contribution in [-0.4, -0.2) is 16.0 Å². The summed E-state index contributed by atoms with van der Waals surface area (Å²) >= 11 is 5.29. The highest BCUT2D eigenvalue weighted by Gasteiger charge is 2.37. The van der Waals surface area contributed by atoms with Gasteiger partial charge in [-0.1, -0.05) is 11.6 Å². The van der Waals surface area contributed by atoms with Gasteiger partial charge in [-0.3, -0.25) is 0 Å². The first-order valence-corrected chi connectivity index (χ1v) is 3.50. The predicted octanol–water partition coefficient (Wildman–Crippen LogP) is 2.12. The van der Waals surface area contributed by atoms with Crippen LogP contribution in [0.4, 0.5) is 18.9 Å². The molecule has 0 fully saturated rings. The van der Waals surface area contributed by atoms with Gasteiger partial charge in [-0.25, -0.2) is 14.8 Å². The van der Waals surface area contributed by atoms with Crippen molar-refractivity contribution < 1.29 is 18.0 Å². The maximum Gasteiger partial charge on any atom is 0.435 e. The van der Waals surface area contributed by atoms with Gasteiger partial charge in [0.15, 0.2) is 10.8 Å². The predicted molar refractivity (Wildman–Crippen MR) is 39.8 cm³/mol. The van der Waals surface area contributed by atoms with Crippen LogP contribution in [0.25, 0.3) is 0 Å². The monoisotopic (exact) mass is 223 g/mol. The fourth-order valence-corrected chi connectivity index (χ4v) is 0.885. The maximum absolute atomic E-state index is 12.2. The number of alkyl halides is 3. The third-order valence-corrected chi connectivity index (χ3v) is 1.48. The molecule has 1 heterocycles. The SMILES string of the molecule is O=C=Nc1c(Cl)ncnc1C(F)(F)F. The van der Waals surface area contributed by atoms with Crippen LogP contribution in [0.2, 0.25) is 5.15 Å². The van der Waals surface area contributed by atoms with Gasteiger partial charge in [0.2, 0.25) is 6.08 Å². The minimum atomic E-state index is -4.73. The molecular formula is C6HClF3N3O. The standard InChI is InChI=1S/C6HClF3N3O/c7-5-3(13-2-14)4(6(8,9)10)11-1-12-5/h1H. The average molecular weight is 224 g/mol. The summed E-state index contributed by atoms with van der Waals surface area (Å²) in [5, 5.41) is -0.546. The van der Waals surface area contributed by atoms with Gasteiger partial charge in [0.25, 0.3) is 0 Å². The molecule has 8 heteroatoms. The van der Waals surface area contributed by atoms with E-state index in [1.807, 2.05) is 0 Å². The third kappa shape index (κ3) is 2.07. The number of hydrogen-bond acceptors (Lipinski definition) is 4. The van der Waals surface area contributed by atoms with Crippen LogP contribution < -0.4 is 0 Å². The molecule has 1 aromatic rings. The molecular weight excluding hydrogens is 223 g/mol. The Labute approximate surface area is 80.5 Å². The quantitative estimate of drug-likeness (QED) is 0.416. The van der Waals surface area contributed by atoms with Crippen LogP contribution in [-0.2, 0) is 11.0 Å². The van der Waals surface area contributed by atoms with Crippen molar-refractivity contribution in [1.29, 1.82) is 0 Å². The van der Waals surface area contributed by atoms with Crippen LogP contribution in [0.5, 0.6) is 0 Å². The Hall–Kier alpha value is -1.46. The Morgan fingerprint density at radius 3 is 2.57 bits per heavy atom. The van der Waals surface area contributed by atoms with Crippen LogP contribution in [0.15, 0.2) is 11.3 Å². The van der Waals surface area contributed by atoms with E-state index in [2.05, 4.69) is 15.0 Å². The van der Waals surface area contributed by atoms with Crippen molar-refractivity contribution in [2.75, 3.05) is 0 Å². The fourth-order valence-electron chi connectivity index (χ4n) is 0.709. The molecule has 74 valence electrons. The smallest absolute Gasteiger partial charge is 0.229 e. The van der Waals surface area contributed by atoms with Gasteiger partial charge in [-0.2, -0.15) is 18.2 Å². The molecule has 0 aliphatic rings. The Kier molecular flexibility index (Phi) is 2.83. The van der Waals surface area contributed by atoms with Crippen molar-refractivity contribution in [3.05, 3.63) is 17.2 Å². The molecule has 0 bridgehead atoms. The molecule has 14 heavy (non-hydrogen) atoms. The Morgan fingerprint density at radius 1 is 1.43 bits per heavy atom. The Morgan fingerprint density at radius 2 is 2.07 bits per heavy atom. The second-order valence-electron chi connectivity index (χ2n) is 2.06. The molecule has 0 saturated heterocycles. The number of carbonyl (C=O) groups excluding carboxylic acids is 1. The molecule has 0 unspecified atom stereocenters. The van der Waals surface area contributed by atoms with Gasteiger partial charge < -0.3 is 0 Å². The maximum atomic E-state index is 12.2. The minimum Gasteiger partial charge on any atom is -0.229 e. The molecule has 4 nitrogen and oxygen atoms in total. The lowest BCUT2D eigenvalue weighted by atomic mass is 10.3. The first-order valence-electron chi connectivity index (χ1n) is 3.12. The summed E-state index contributed by atoms with van der Waals surface area (Å²) in [6.07, 6.45) is -3.15. The van der Waals surface area contributed by atoms with Gasteiger partial charge >= 0.3 is 6.18 Å². The Bertz CT molecular complexity index is 400. The number of hydrogen-bond donors (Lipinski definition) is 0. The molecule has 0 aliphatic heterocycles. The van der Waals surface area contributed by atoms with E-state index >= 15 is 0 Å². The van der Waals surface area contributed by atoms with Crippen molar-refractivity contribution in [1.82, 2.24) is 9.97 Å². The van der Waals surface area contributed by atoms with Gasteiger partial charge in [0.05, 0.1) is 0 Å². The van der Waals surface area contributed by atoms with E-state index in [0.29, 0.717) is 6.33 Å². The molecule has 0 N–H and O–H groups in total. The molecule has 0 radical (unpaired) electrons. The van der Waals surface area contributed by atoms with E-state index in [-0.39, 0.29) is 0 Å². The lowest BCUT2D eigenvalue weighted by Gasteiger charge is -2.07. The zero-order valence-electron chi connectivity index (χ0n) is 6.34. The summed E-state index contributed by atoms with van der Waals surface area (Å²) in [6, 6.07) is 0. The zero-order chi connectivity index (χ0) is 10.8. The third-order valence-electron chi connectivity index (χ3n) is 1.20. The summed E-state index contributed by atoms with van der Waals surface area (Å²) < 4.78 is 36.6. The number of halogens is 4. The largest absolute Gasteiger partial charge is 0.435 e. The lowest BCUT2D eigenvalue weighted by Crippen LogP contribution is -2.08. The first-order chi connectivity index (χ1) is 6.46. The summed E-state index contributed by atoms with van der Waals surface area (Å²) in [4.78, 5) is 18.8. The molecule has 0 aliphatic carbocycles. The number of nitrogens with zero attached hydrogens (tertiary/aromatic N) is 3. The summed E-state index contributed by atoms with van der Waals surface area (Å²) in [5.74, 6) is 0. The second kappa shape index (κ2) is 3.73. The first kappa shape index (κ1) is 10.6. The van der Waals surface area contributed by atoms with Gasteiger partial charge in [0, 0.05) is 0 Å². The van der Waals surface area contributed by atoms with Crippen molar-refractivity contribution in [3.63, 3.8) is 0 Å². The molecule has 1 aromatic heterocycles. The van der Waals surface area contributed by atoms with E-state index < -0.39 is 22.7 Å². The molecule has 1 rings (SSSR count). The topological polar surface area (TPSA) is 55.2 Å². The Balaban J connectivity index is 3.43. The highest BCUT2D eigenvalue weighted by atomic mass is 35.5. The number of isocyanates is 1. The van der Waals surface area contributed by atoms with Gasteiger partial charge in [-0.15, -0.1) is 0 Å². The highest BCUT2D eigenvalue weighted by molar-refractivity contribution is 6.31. The van der Waals surface area contributed by atoms with Crippen LogP contribution in [0.1, 0.15) is 5.69 Å². The van der Waals surface area contributed by atoms with Crippen LogP contribution in [0, 0.1) is 0 Å². The number of rotatable bonds is 1. The summed E-state index contributed by atoms with van der Waals surface area (Å²) in [6.45, 7) is 0. The minimum absolute atomic E-state index is 0.546. The van der Waals surface area contributed by atoms with Gasteiger partial charge in [0.1, 0.15) is 12.0 Å². The van der Waals surface area contributed by atoms with Crippen LogP contribution >= 0.6 is 11.6 Å². The molecule has 0 atom stereocenters. The molecule has 0 saturated carbocycles. The van der Waals surface area contributed by atoms with Crippen molar-refractivity contribution >= 4 is 23.4 Å². The number of aliphatic imine (C=N–C) groups is 1. The molecule has 0 aromatic carbocycles. The van der Waals surface area contributed by atoms with E-state index in [1.54, 1.807) is 0 Å². The van der Waals surface area contributed by atoms with Crippen LogP contribution in [0.3, 0.4) is 0 Å². The van der Waals surface area contributed by atoms with E-state index in [1.165, 1.54) is 0 Å². The van der Waals surface area contributed by atoms with E-state index in [9.17, 15) is 18.0 Å².